The van der Waals surface area contributed by atoms with Crippen LogP contribution in [0.25, 0.3) is 0 Å². The Morgan fingerprint density at radius 2 is 1.56 bits per heavy atom. The van der Waals surface area contributed by atoms with Gasteiger partial charge in [-0.2, -0.15) is 0 Å². The minimum absolute atomic E-state index is 0.114. The van der Waals surface area contributed by atoms with Gasteiger partial charge in [0.25, 0.3) is 0 Å². The molecule has 0 spiro atoms. The van der Waals surface area contributed by atoms with Crippen LogP contribution in [0.4, 0.5) is 11.4 Å². The first-order valence-corrected chi connectivity index (χ1v) is 9.84. The molecule has 2 heterocycles. The molecule has 1 aromatic carbocycles. The monoisotopic (exact) mass is 344 g/mol. The fourth-order valence-electron chi connectivity index (χ4n) is 3.72. The highest BCUT2D eigenvalue weighted by atomic mass is 16.1. The Labute approximate surface area is 152 Å². The van der Waals surface area contributed by atoms with Gasteiger partial charge in [-0.15, -0.1) is 0 Å². The van der Waals surface area contributed by atoms with E-state index in [9.17, 15) is 4.79 Å². The average molecular weight is 345 g/mol. The Hall–Kier alpha value is -1.59. The van der Waals surface area contributed by atoms with E-state index in [2.05, 4.69) is 39.1 Å². The molecule has 0 atom stereocenters. The van der Waals surface area contributed by atoms with Gasteiger partial charge in [-0.25, -0.2) is 0 Å². The van der Waals surface area contributed by atoms with Crippen LogP contribution in [0, 0.1) is 0 Å². The number of nitrogens with one attached hydrogen (secondary N) is 1. The lowest BCUT2D eigenvalue weighted by Gasteiger charge is -2.33. The van der Waals surface area contributed by atoms with Gasteiger partial charge in [0.15, 0.2) is 0 Å². The molecule has 1 aromatic rings. The van der Waals surface area contributed by atoms with E-state index in [4.69, 9.17) is 0 Å². The maximum atomic E-state index is 12.2. The van der Waals surface area contributed by atoms with Gasteiger partial charge >= 0.3 is 0 Å². The molecule has 5 heteroatoms. The molecule has 5 nitrogen and oxygen atoms in total. The second kappa shape index (κ2) is 9.20. The van der Waals surface area contributed by atoms with Crippen molar-refractivity contribution in [3.63, 3.8) is 0 Å². The molecule has 1 amide bonds. The summed E-state index contributed by atoms with van der Waals surface area (Å²) in [4.78, 5) is 19.5. The Kier molecular flexibility index (Phi) is 6.70. The van der Waals surface area contributed by atoms with E-state index < -0.39 is 0 Å². The van der Waals surface area contributed by atoms with Crippen LogP contribution in [0.15, 0.2) is 24.3 Å². The predicted molar refractivity (Wildman–Crippen MR) is 104 cm³/mol. The quantitative estimate of drug-likeness (QED) is 0.861. The zero-order chi connectivity index (χ0) is 17.5. The number of anilines is 2. The summed E-state index contributed by atoms with van der Waals surface area (Å²) in [5, 5.41) is 3.04. The fraction of sp³-hybridized carbons (Fsp3) is 0.650. The van der Waals surface area contributed by atoms with Crippen molar-refractivity contribution in [3.05, 3.63) is 24.3 Å². The summed E-state index contributed by atoms with van der Waals surface area (Å²) in [7, 11) is 0. The number of benzene rings is 1. The van der Waals surface area contributed by atoms with Gasteiger partial charge in [0.1, 0.15) is 0 Å². The van der Waals surface area contributed by atoms with E-state index in [1.165, 1.54) is 24.9 Å². The molecule has 0 aliphatic carbocycles. The summed E-state index contributed by atoms with van der Waals surface area (Å²) in [6, 6.07) is 8.32. The van der Waals surface area contributed by atoms with Crippen LogP contribution in [-0.2, 0) is 4.79 Å². The van der Waals surface area contributed by atoms with E-state index in [0.29, 0.717) is 6.42 Å². The number of hydrogen-bond donors (Lipinski definition) is 1. The van der Waals surface area contributed by atoms with Crippen LogP contribution in [-0.4, -0.2) is 68.1 Å². The molecule has 0 aromatic heterocycles. The summed E-state index contributed by atoms with van der Waals surface area (Å²) >= 11 is 0. The number of carbonyl (C=O) groups is 1. The topological polar surface area (TPSA) is 38.8 Å². The van der Waals surface area contributed by atoms with Gasteiger partial charge in [-0.05, 0) is 50.1 Å². The predicted octanol–water partition coefficient (Wildman–Crippen LogP) is 2.64. The van der Waals surface area contributed by atoms with Crippen LogP contribution in [0.2, 0.25) is 0 Å². The van der Waals surface area contributed by atoms with Gasteiger partial charge in [-0.3, -0.25) is 4.79 Å². The standard InChI is InChI=1S/C20H32N4O/c1-2-22-14-16-23(17-15-22)13-10-20(25)21-18-6-8-19(9-7-18)24-11-4-3-5-12-24/h6-9H,2-5,10-17H2,1H3,(H,21,25). The normalized spacial score (nSPS) is 19.8. The smallest absolute Gasteiger partial charge is 0.225 e. The summed E-state index contributed by atoms with van der Waals surface area (Å²) < 4.78 is 0. The molecule has 2 aliphatic heterocycles. The van der Waals surface area contributed by atoms with Crippen molar-refractivity contribution in [2.75, 3.05) is 62.6 Å². The molecule has 2 saturated heterocycles. The molecule has 0 unspecified atom stereocenters. The SMILES string of the molecule is CCN1CCN(CCC(=O)Nc2ccc(N3CCCCC3)cc2)CC1. The molecule has 138 valence electrons. The van der Waals surface area contributed by atoms with E-state index in [1.807, 2.05) is 12.1 Å². The van der Waals surface area contributed by atoms with Gasteiger partial charge in [0.2, 0.25) is 5.91 Å². The first-order valence-electron chi connectivity index (χ1n) is 9.84. The Balaban J connectivity index is 1.40. The molecule has 25 heavy (non-hydrogen) atoms. The van der Waals surface area contributed by atoms with E-state index >= 15 is 0 Å². The first-order chi connectivity index (χ1) is 12.2. The molecule has 0 bridgehead atoms. The van der Waals surface area contributed by atoms with Crippen LogP contribution >= 0.6 is 0 Å². The summed E-state index contributed by atoms with van der Waals surface area (Å²) in [5.41, 5.74) is 2.17. The van der Waals surface area contributed by atoms with Gasteiger partial charge in [0, 0.05) is 63.6 Å². The molecule has 1 N–H and O–H groups in total. The van der Waals surface area contributed by atoms with Crippen LogP contribution < -0.4 is 10.2 Å². The molecule has 3 rings (SSSR count). The lowest BCUT2D eigenvalue weighted by Crippen LogP contribution is -2.46. The molecular weight excluding hydrogens is 312 g/mol. The zero-order valence-electron chi connectivity index (χ0n) is 15.5. The highest BCUT2D eigenvalue weighted by Gasteiger charge is 2.16. The Morgan fingerprint density at radius 1 is 0.920 bits per heavy atom. The number of carbonyl (C=O) groups excluding carboxylic acids is 1. The largest absolute Gasteiger partial charge is 0.372 e. The number of piperazine rings is 1. The fourth-order valence-corrected chi connectivity index (χ4v) is 3.72. The summed E-state index contributed by atoms with van der Waals surface area (Å²) in [5.74, 6) is 0.114. The van der Waals surface area contributed by atoms with Crippen LogP contribution in [0.1, 0.15) is 32.6 Å². The Morgan fingerprint density at radius 3 is 2.20 bits per heavy atom. The van der Waals surface area contributed by atoms with E-state index in [-0.39, 0.29) is 5.91 Å². The van der Waals surface area contributed by atoms with Crippen molar-refractivity contribution in [1.82, 2.24) is 9.80 Å². The van der Waals surface area contributed by atoms with Crippen molar-refractivity contribution in [3.8, 4) is 0 Å². The van der Waals surface area contributed by atoms with Crippen LogP contribution in [0.5, 0.6) is 0 Å². The number of likely N-dealkylation sites (N-methyl/N-ethyl adjacent to an activating group) is 1. The van der Waals surface area contributed by atoms with Crippen LogP contribution in [0.3, 0.4) is 0 Å². The van der Waals surface area contributed by atoms with Crippen molar-refractivity contribution < 1.29 is 4.79 Å². The molecule has 2 fully saturated rings. The van der Waals surface area contributed by atoms with Crippen molar-refractivity contribution in [1.29, 1.82) is 0 Å². The minimum atomic E-state index is 0.114. The van der Waals surface area contributed by atoms with Crippen molar-refractivity contribution in [2.24, 2.45) is 0 Å². The van der Waals surface area contributed by atoms with Gasteiger partial charge in [-0.1, -0.05) is 6.92 Å². The minimum Gasteiger partial charge on any atom is -0.372 e. The van der Waals surface area contributed by atoms with Gasteiger partial charge in [0.05, 0.1) is 0 Å². The molecule has 2 aliphatic rings. The second-order valence-electron chi connectivity index (χ2n) is 7.17. The number of rotatable bonds is 6. The highest BCUT2D eigenvalue weighted by Crippen LogP contribution is 2.21. The van der Waals surface area contributed by atoms with E-state index in [0.717, 1.165) is 58.0 Å². The second-order valence-corrected chi connectivity index (χ2v) is 7.17. The molecule has 0 radical (unpaired) electrons. The average Bonchev–Trinajstić information content (AvgIpc) is 2.68. The summed E-state index contributed by atoms with van der Waals surface area (Å²) in [6.07, 6.45) is 4.48. The molecule has 0 saturated carbocycles. The lowest BCUT2D eigenvalue weighted by atomic mass is 10.1. The zero-order valence-corrected chi connectivity index (χ0v) is 15.5. The highest BCUT2D eigenvalue weighted by molar-refractivity contribution is 5.91. The number of nitrogens with zero attached hydrogens (tertiary/aromatic N) is 3. The van der Waals surface area contributed by atoms with E-state index in [1.54, 1.807) is 0 Å². The number of hydrogen-bond acceptors (Lipinski definition) is 4. The number of amides is 1. The Bertz CT molecular complexity index is 531. The third kappa shape index (κ3) is 5.44. The lowest BCUT2D eigenvalue weighted by molar-refractivity contribution is -0.116. The maximum absolute atomic E-state index is 12.2. The first kappa shape index (κ1) is 18.2. The van der Waals surface area contributed by atoms with Gasteiger partial charge < -0.3 is 20.0 Å². The molecular formula is C20H32N4O. The number of piperidine rings is 1. The van der Waals surface area contributed by atoms with Crippen molar-refractivity contribution in [2.45, 2.75) is 32.6 Å². The summed E-state index contributed by atoms with van der Waals surface area (Å²) in [6.45, 7) is 10.9. The van der Waals surface area contributed by atoms with Crippen molar-refractivity contribution >= 4 is 17.3 Å². The third-order valence-electron chi connectivity index (χ3n) is 5.44. The third-order valence-corrected chi connectivity index (χ3v) is 5.44. The maximum Gasteiger partial charge on any atom is 0.225 e.